The van der Waals surface area contributed by atoms with Crippen molar-refractivity contribution >= 4 is 0 Å². The summed E-state index contributed by atoms with van der Waals surface area (Å²) in [5.41, 5.74) is 0.548. The van der Waals surface area contributed by atoms with Crippen molar-refractivity contribution in [1.82, 2.24) is 5.32 Å². The van der Waals surface area contributed by atoms with Crippen LogP contribution in [0.3, 0.4) is 0 Å². The zero-order valence-electron chi connectivity index (χ0n) is 13.2. The van der Waals surface area contributed by atoms with Gasteiger partial charge in [0.2, 0.25) is 0 Å². The topological polar surface area (TPSA) is 21.3 Å². The zero-order valence-corrected chi connectivity index (χ0v) is 13.2. The molecule has 1 atom stereocenters. The van der Waals surface area contributed by atoms with Crippen molar-refractivity contribution in [2.24, 2.45) is 11.3 Å². The van der Waals surface area contributed by atoms with Crippen LogP contribution in [-0.4, -0.2) is 25.3 Å². The van der Waals surface area contributed by atoms with Crippen LogP contribution in [0, 0.1) is 11.3 Å². The molecule has 2 heteroatoms. The highest BCUT2D eigenvalue weighted by atomic mass is 16.5. The van der Waals surface area contributed by atoms with Crippen LogP contribution in [0.5, 0.6) is 0 Å². The molecule has 0 saturated heterocycles. The average Bonchev–Trinajstić information content (AvgIpc) is 2.89. The van der Waals surface area contributed by atoms with Crippen LogP contribution < -0.4 is 5.32 Å². The predicted octanol–water partition coefficient (Wildman–Crippen LogP) is 4.14. The minimum atomic E-state index is 0.524. The lowest BCUT2D eigenvalue weighted by atomic mass is 9.76. The molecule has 0 radical (unpaired) electrons. The van der Waals surface area contributed by atoms with Gasteiger partial charge in [-0.25, -0.2) is 0 Å². The van der Waals surface area contributed by atoms with Crippen LogP contribution in [0.2, 0.25) is 0 Å². The van der Waals surface area contributed by atoms with Gasteiger partial charge in [-0.1, -0.05) is 33.6 Å². The van der Waals surface area contributed by atoms with Gasteiger partial charge in [0.05, 0.1) is 12.7 Å². The molecular formula is C17H33NO. The van der Waals surface area contributed by atoms with E-state index < -0.39 is 0 Å². The lowest BCUT2D eigenvalue weighted by Gasteiger charge is -2.35. The monoisotopic (exact) mass is 267 g/mol. The van der Waals surface area contributed by atoms with E-state index in [1.54, 1.807) is 0 Å². The molecule has 2 saturated carbocycles. The summed E-state index contributed by atoms with van der Waals surface area (Å²) < 4.78 is 6.24. The van der Waals surface area contributed by atoms with Crippen molar-refractivity contribution in [2.45, 2.75) is 84.3 Å². The molecule has 0 aromatic heterocycles. The molecule has 1 N–H and O–H groups in total. The number of rotatable bonds is 6. The molecule has 2 aliphatic carbocycles. The third-order valence-electron chi connectivity index (χ3n) is 5.23. The van der Waals surface area contributed by atoms with Gasteiger partial charge in [0.1, 0.15) is 0 Å². The van der Waals surface area contributed by atoms with E-state index in [9.17, 15) is 0 Å². The van der Waals surface area contributed by atoms with Gasteiger partial charge in [-0.15, -0.1) is 0 Å². The summed E-state index contributed by atoms with van der Waals surface area (Å²) >= 11 is 0. The SMILES string of the molecule is CCNC(COC1CCC(C)(C)CC1)C1CCCC1. The van der Waals surface area contributed by atoms with Crippen LogP contribution in [0.4, 0.5) is 0 Å². The average molecular weight is 267 g/mol. The molecular weight excluding hydrogens is 234 g/mol. The third-order valence-corrected chi connectivity index (χ3v) is 5.23. The largest absolute Gasteiger partial charge is 0.377 e. The number of ether oxygens (including phenoxy) is 1. The van der Waals surface area contributed by atoms with Crippen molar-refractivity contribution in [2.75, 3.05) is 13.2 Å². The Hall–Kier alpha value is -0.0800. The maximum atomic E-state index is 6.24. The van der Waals surface area contributed by atoms with E-state index in [2.05, 4.69) is 26.1 Å². The Kier molecular flexibility index (Phi) is 5.70. The number of nitrogens with one attached hydrogen (secondary N) is 1. The molecule has 0 aliphatic heterocycles. The van der Waals surface area contributed by atoms with E-state index in [0.29, 0.717) is 17.6 Å². The summed E-state index contributed by atoms with van der Waals surface area (Å²) in [5.74, 6) is 0.861. The smallest absolute Gasteiger partial charge is 0.0626 e. The summed E-state index contributed by atoms with van der Waals surface area (Å²) in [6.45, 7) is 9.00. The van der Waals surface area contributed by atoms with E-state index in [1.807, 2.05) is 0 Å². The van der Waals surface area contributed by atoms with Crippen LogP contribution in [0.15, 0.2) is 0 Å². The predicted molar refractivity (Wildman–Crippen MR) is 81.4 cm³/mol. The summed E-state index contributed by atoms with van der Waals surface area (Å²) in [7, 11) is 0. The van der Waals surface area contributed by atoms with Crippen molar-refractivity contribution in [3.63, 3.8) is 0 Å². The van der Waals surface area contributed by atoms with Crippen LogP contribution in [-0.2, 0) is 4.74 Å². The van der Waals surface area contributed by atoms with Crippen LogP contribution in [0.25, 0.3) is 0 Å². The summed E-state index contributed by atoms with van der Waals surface area (Å²) in [6.07, 6.45) is 11.3. The van der Waals surface area contributed by atoms with Gasteiger partial charge in [0.15, 0.2) is 0 Å². The van der Waals surface area contributed by atoms with Crippen molar-refractivity contribution in [3.8, 4) is 0 Å². The number of hydrogen-bond acceptors (Lipinski definition) is 2. The maximum absolute atomic E-state index is 6.24. The van der Waals surface area contributed by atoms with Crippen molar-refractivity contribution in [1.29, 1.82) is 0 Å². The van der Waals surface area contributed by atoms with E-state index in [1.165, 1.54) is 51.4 Å². The lowest BCUT2D eigenvalue weighted by molar-refractivity contribution is -0.0120. The van der Waals surface area contributed by atoms with Gasteiger partial charge in [-0.2, -0.15) is 0 Å². The van der Waals surface area contributed by atoms with Gasteiger partial charge < -0.3 is 10.1 Å². The second-order valence-electron chi connectivity index (χ2n) is 7.41. The fourth-order valence-corrected chi connectivity index (χ4v) is 3.76. The Bertz CT molecular complexity index is 248. The van der Waals surface area contributed by atoms with E-state index in [4.69, 9.17) is 4.74 Å². The molecule has 0 heterocycles. The summed E-state index contributed by atoms with van der Waals surface area (Å²) in [6, 6.07) is 0.599. The fourth-order valence-electron chi connectivity index (χ4n) is 3.76. The van der Waals surface area contributed by atoms with Gasteiger partial charge in [-0.3, -0.25) is 0 Å². The van der Waals surface area contributed by atoms with E-state index in [0.717, 1.165) is 19.1 Å². The van der Waals surface area contributed by atoms with Gasteiger partial charge in [0.25, 0.3) is 0 Å². The van der Waals surface area contributed by atoms with Crippen molar-refractivity contribution in [3.05, 3.63) is 0 Å². The van der Waals surface area contributed by atoms with Crippen LogP contribution >= 0.6 is 0 Å². The molecule has 0 amide bonds. The first-order chi connectivity index (χ1) is 9.11. The summed E-state index contributed by atoms with van der Waals surface area (Å²) in [5, 5.41) is 3.66. The van der Waals surface area contributed by atoms with E-state index in [-0.39, 0.29) is 0 Å². The van der Waals surface area contributed by atoms with E-state index >= 15 is 0 Å². The lowest BCUT2D eigenvalue weighted by Crippen LogP contribution is -2.40. The molecule has 2 nitrogen and oxygen atoms in total. The molecule has 112 valence electrons. The second kappa shape index (κ2) is 7.08. The number of hydrogen-bond donors (Lipinski definition) is 1. The quantitative estimate of drug-likeness (QED) is 0.781. The highest BCUT2D eigenvalue weighted by Crippen LogP contribution is 2.36. The molecule has 2 aliphatic rings. The first-order valence-corrected chi connectivity index (χ1v) is 8.46. The number of likely N-dealkylation sites (N-methyl/N-ethyl adjacent to an activating group) is 1. The Balaban J connectivity index is 1.72. The molecule has 19 heavy (non-hydrogen) atoms. The minimum absolute atomic E-state index is 0.524. The normalized spacial score (nSPS) is 26.7. The molecule has 0 bridgehead atoms. The van der Waals surface area contributed by atoms with Gasteiger partial charge in [0, 0.05) is 6.04 Å². The Morgan fingerprint density at radius 1 is 1.11 bits per heavy atom. The third kappa shape index (κ3) is 4.75. The second-order valence-corrected chi connectivity index (χ2v) is 7.41. The summed E-state index contributed by atoms with van der Waals surface area (Å²) in [4.78, 5) is 0. The molecule has 0 spiro atoms. The molecule has 0 aromatic carbocycles. The molecule has 2 rings (SSSR count). The Morgan fingerprint density at radius 3 is 2.32 bits per heavy atom. The Labute approximate surface area is 119 Å². The first kappa shape index (κ1) is 15.3. The maximum Gasteiger partial charge on any atom is 0.0626 e. The van der Waals surface area contributed by atoms with Gasteiger partial charge >= 0.3 is 0 Å². The fraction of sp³-hybridized carbons (Fsp3) is 1.00. The first-order valence-electron chi connectivity index (χ1n) is 8.46. The Morgan fingerprint density at radius 2 is 1.74 bits per heavy atom. The molecule has 2 fully saturated rings. The molecule has 1 unspecified atom stereocenters. The minimum Gasteiger partial charge on any atom is -0.377 e. The van der Waals surface area contributed by atoms with Gasteiger partial charge in [-0.05, 0) is 56.4 Å². The molecule has 0 aromatic rings. The highest BCUT2D eigenvalue weighted by molar-refractivity contribution is 4.82. The zero-order chi connectivity index (χ0) is 13.7. The highest BCUT2D eigenvalue weighted by Gasteiger charge is 2.29. The van der Waals surface area contributed by atoms with Crippen molar-refractivity contribution < 1.29 is 4.74 Å². The standard InChI is InChI=1S/C17H33NO/c1-4-18-16(14-7-5-6-8-14)13-19-15-9-11-17(2,3)12-10-15/h14-16,18H,4-13H2,1-3H3. The van der Waals surface area contributed by atoms with Crippen LogP contribution in [0.1, 0.15) is 72.1 Å².